The van der Waals surface area contributed by atoms with Crippen molar-refractivity contribution in [2.24, 2.45) is 14.1 Å². The Bertz CT molecular complexity index is 611. The van der Waals surface area contributed by atoms with Crippen LogP contribution in [0.25, 0.3) is 0 Å². The molecule has 94 valence electrons. The molecule has 0 spiro atoms. The van der Waals surface area contributed by atoms with E-state index in [0.717, 1.165) is 36.3 Å². The van der Waals surface area contributed by atoms with Gasteiger partial charge in [-0.3, -0.25) is 14.2 Å². The smallest absolute Gasteiger partial charge is 0.278 e. The molecule has 0 fully saturated rings. The number of aryl methyl sites for hydroxylation is 3. The molecular weight excluding hydrogens is 232 g/mol. The number of rotatable bonds is 2. The molecule has 2 aromatic heterocycles. The first kappa shape index (κ1) is 10.9. The predicted molar refractivity (Wildman–Crippen MR) is 64.2 cm³/mol. The number of nitrogens with zero attached hydrogens (tertiary/aromatic N) is 5. The first-order valence-electron chi connectivity index (χ1n) is 5.87. The fraction of sp³-hybridized carbons (Fsp3) is 0.455. The molecule has 7 nitrogen and oxygen atoms in total. The van der Waals surface area contributed by atoms with Crippen LogP contribution in [0.3, 0.4) is 0 Å². The van der Waals surface area contributed by atoms with Crippen LogP contribution in [-0.4, -0.2) is 30.7 Å². The third-order valence-electron chi connectivity index (χ3n) is 3.14. The number of amides is 1. The van der Waals surface area contributed by atoms with Crippen LogP contribution in [0.5, 0.6) is 0 Å². The van der Waals surface area contributed by atoms with E-state index in [2.05, 4.69) is 20.7 Å². The lowest BCUT2D eigenvalue weighted by Gasteiger charge is -2.05. The summed E-state index contributed by atoms with van der Waals surface area (Å²) in [5.41, 5.74) is 2.55. The predicted octanol–water partition coefficient (Wildman–Crippen LogP) is 0.290. The zero-order valence-electron chi connectivity index (χ0n) is 10.3. The maximum Gasteiger partial charge on any atom is 0.278 e. The van der Waals surface area contributed by atoms with Gasteiger partial charge in [-0.25, -0.2) is 0 Å². The van der Waals surface area contributed by atoms with Crippen molar-refractivity contribution in [2.45, 2.75) is 19.3 Å². The highest BCUT2D eigenvalue weighted by atomic mass is 16.2. The standard InChI is InChI=1S/C11H14N6O/c1-16-6-9(13-15-16)11(18)12-10-7-4-3-5-8(7)14-17(10)2/h6H,3-5H2,1-2H3,(H,12,18). The summed E-state index contributed by atoms with van der Waals surface area (Å²) in [6, 6.07) is 0. The number of hydrogen-bond donors (Lipinski definition) is 1. The molecule has 0 saturated heterocycles. The zero-order valence-corrected chi connectivity index (χ0v) is 10.3. The summed E-state index contributed by atoms with van der Waals surface area (Å²) in [5, 5.41) is 14.8. The normalized spacial score (nSPS) is 13.7. The summed E-state index contributed by atoms with van der Waals surface area (Å²) in [5.74, 6) is 0.527. The van der Waals surface area contributed by atoms with E-state index in [1.165, 1.54) is 4.68 Å². The molecule has 1 aliphatic rings. The van der Waals surface area contributed by atoms with Crippen LogP contribution in [0.15, 0.2) is 6.20 Å². The molecule has 0 aliphatic heterocycles. The van der Waals surface area contributed by atoms with E-state index < -0.39 is 0 Å². The third-order valence-corrected chi connectivity index (χ3v) is 3.14. The molecule has 2 heterocycles. The quantitative estimate of drug-likeness (QED) is 0.826. The topological polar surface area (TPSA) is 77.6 Å². The molecule has 1 N–H and O–H groups in total. The number of hydrogen-bond acceptors (Lipinski definition) is 4. The van der Waals surface area contributed by atoms with Gasteiger partial charge in [0.2, 0.25) is 0 Å². The average molecular weight is 246 g/mol. The molecule has 18 heavy (non-hydrogen) atoms. The van der Waals surface area contributed by atoms with Crippen molar-refractivity contribution in [1.29, 1.82) is 0 Å². The Morgan fingerprint density at radius 1 is 1.39 bits per heavy atom. The number of fused-ring (bicyclic) bond motifs is 1. The Balaban J connectivity index is 1.87. The van der Waals surface area contributed by atoms with E-state index in [-0.39, 0.29) is 5.91 Å². The van der Waals surface area contributed by atoms with E-state index in [0.29, 0.717) is 5.69 Å². The maximum atomic E-state index is 12.0. The minimum Gasteiger partial charge on any atom is -0.305 e. The molecule has 0 radical (unpaired) electrons. The summed E-state index contributed by atoms with van der Waals surface area (Å²) in [4.78, 5) is 12.0. The average Bonchev–Trinajstić information content (AvgIpc) is 2.99. The lowest BCUT2D eigenvalue weighted by atomic mass is 10.2. The van der Waals surface area contributed by atoms with Crippen LogP contribution in [0, 0.1) is 0 Å². The fourth-order valence-electron chi connectivity index (χ4n) is 2.30. The first-order valence-corrected chi connectivity index (χ1v) is 5.87. The molecule has 3 rings (SSSR count). The van der Waals surface area contributed by atoms with Crippen LogP contribution in [0.4, 0.5) is 5.82 Å². The molecule has 0 saturated carbocycles. The van der Waals surface area contributed by atoms with Gasteiger partial charge in [0.25, 0.3) is 5.91 Å². The largest absolute Gasteiger partial charge is 0.305 e. The lowest BCUT2D eigenvalue weighted by molar-refractivity contribution is 0.102. The molecule has 0 bridgehead atoms. The minimum absolute atomic E-state index is 0.249. The van der Waals surface area contributed by atoms with Gasteiger partial charge in [-0.2, -0.15) is 5.10 Å². The van der Waals surface area contributed by atoms with Crippen LogP contribution in [0.2, 0.25) is 0 Å². The van der Waals surface area contributed by atoms with Crippen LogP contribution in [-0.2, 0) is 26.9 Å². The van der Waals surface area contributed by atoms with Gasteiger partial charge < -0.3 is 5.32 Å². The van der Waals surface area contributed by atoms with Gasteiger partial charge in [-0.05, 0) is 19.3 Å². The number of carbonyl (C=O) groups is 1. The zero-order chi connectivity index (χ0) is 12.7. The minimum atomic E-state index is -0.249. The summed E-state index contributed by atoms with van der Waals surface area (Å²) in [6.45, 7) is 0. The van der Waals surface area contributed by atoms with Crippen molar-refractivity contribution in [3.8, 4) is 0 Å². The van der Waals surface area contributed by atoms with E-state index in [1.54, 1.807) is 17.9 Å². The van der Waals surface area contributed by atoms with Crippen LogP contribution < -0.4 is 5.32 Å². The second kappa shape index (κ2) is 3.94. The monoisotopic (exact) mass is 246 g/mol. The summed E-state index contributed by atoms with van der Waals surface area (Å²) in [7, 11) is 3.57. The van der Waals surface area contributed by atoms with Gasteiger partial charge in [-0.1, -0.05) is 5.21 Å². The van der Waals surface area contributed by atoms with Gasteiger partial charge >= 0.3 is 0 Å². The van der Waals surface area contributed by atoms with Gasteiger partial charge in [-0.15, -0.1) is 5.10 Å². The van der Waals surface area contributed by atoms with Gasteiger partial charge in [0.15, 0.2) is 5.69 Å². The summed E-state index contributed by atoms with van der Waals surface area (Å²) < 4.78 is 3.22. The number of carbonyl (C=O) groups excluding carboxylic acids is 1. The Hall–Kier alpha value is -2.18. The van der Waals surface area contributed by atoms with Gasteiger partial charge in [0.05, 0.1) is 11.9 Å². The fourth-order valence-corrected chi connectivity index (χ4v) is 2.30. The van der Waals surface area contributed by atoms with E-state index in [9.17, 15) is 4.79 Å². The van der Waals surface area contributed by atoms with Crippen molar-refractivity contribution in [1.82, 2.24) is 24.8 Å². The van der Waals surface area contributed by atoms with Crippen molar-refractivity contribution < 1.29 is 4.79 Å². The van der Waals surface area contributed by atoms with Crippen molar-refractivity contribution in [3.63, 3.8) is 0 Å². The SMILES string of the molecule is Cn1cc(C(=O)Nc2c3c(nn2C)CCC3)nn1. The van der Waals surface area contributed by atoms with Gasteiger partial charge in [0, 0.05) is 19.7 Å². The third kappa shape index (κ3) is 1.68. The number of nitrogens with one attached hydrogen (secondary N) is 1. The van der Waals surface area contributed by atoms with Gasteiger partial charge in [0.1, 0.15) is 5.82 Å². The lowest BCUT2D eigenvalue weighted by Crippen LogP contribution is -2.16. The highest BCUT2D eigenvalue weighted by molar-refractivity contribution is 6.02. The van der Waals surface area contributed by atoms with Crippen molar-refractivity contribution >= 4 is 11.7 Å². The highest BCUT2D eigenvalue weighted by Crippen LogP contribution is 2.28. The Kier molecular flexibility index (Phi) is 2.39. The van der Waals surface area contributed by atoms with Crippen LogP contribution >= 0.6 is 0 Å². The first-order chi connectivity index (χ1) is 8.65. The summed E-state index contributed by atoms with van der Waals surface area (Å²) >= 11 is 0. The van der Waals surface area contributed by atoms with E-state index >= 15 is 0 Å². The summed E-state index contributed by atoms with van der Waals surface area (Å²) in [6.07, 6.45) is 4.65. The number of anilines is 1. The van der Waals surface area contributed by atoms with Crippen molar-refractivity contribution in [3.05, 3.63) is 23.1 Å². The van der Waals surface area contributed by atoms with Crippen LogP contribution in [0.1, 0.15) is 28.2 Å². The van der Waals surface area contributed by atoms with E-state index in [1.807, 2.05) is 7.05 Å². The molecular formula is C11H14N6O. The molecule has 1 amide bonds. The van der Waals surface area contributed by atoms with E-state index in [4.69, 9.17) is 0 Å². The Labute approximate surface area is 104 Å². The highest BCUT2D eigenvalue weighted by Gasteiger charge is 2.23. The molecule has 1 aliphatic carbocycles. The second-order valence-corrected chi connectivity index (χ2v) is 4.48. The molecule has 0 aromatic carbocycles. The second-order valence-electron chi connectivity index (χ2n) is 4.48. The molecule has 0 atom stereocenters. The molecule has 7 heteroatoms. The van der Waals surface area contributed by atoms with Crippen molar-refractivity contribution in [2.75, 3.05) is 5.32 Å². The maximum absolute atomic E-state index is 12.0. The molecule has 2 aromatic rings. The Morgan fingerprint density at radius 3 is 2.94 bits per heavy atom. The Morgan fingerprint density at radius 2 is 2.22 bits per heavy atom. The molecule has 0 unspecified atom stereocenters. The number of aromatic nitrogens is 5.